The van der Waals surface area contributed by atoms with E-state index in [1.807, 2.05) is 11.0 Å². The van der Waals surface area contributed by atoms with Gasteiger partial charge in [-0.1, -0.05) is 23.7 Å². The highest BCUT2D eigenvalue weighted by atomic mass is 35.5. The summed E-state index contributed by atoms with van der Waals surface area (Å²) in [6.07, 6.45) is 1.96. The number of hydrogen-bond acceptors (Lipinski definition) is 4. The number of fused-ring (bicyclic) bond motifs is 1. The number of hydrogen-bond donors (Lipinski definition) is 0. The standard InChI is InChI=1S/C26H31ClFN5O/c1-2-33-24-8-4-3-7-23(24)29-25(33)18-30-11-5-6-19(17-30)26(34)32-14-12-31(13-15-32)20-9-10-22(28)21(27)16-20/h3-4,7-10,16,19H,2,5-6,11-15,17-18H2,1H3/t19-/m1/s1. The third-order valence-electron chi connectivity index (χ3n) is 7.13. The van der Waals surface area contributed by atoms with Gasteiger partial charge in [-0.05, 0) is 56.6 Å². The van der Waals surface area contributed by atoms with Crippen LogP contribution in [0.25, 0.3) is 11.0 Å². The minimum Gasteiger partial charge on any atom is -0.368 e. The van der Waals surface area contributed by atoms with Crippen LogP contribution in [-0.2, 0) is 17.9 Å². The lowest BCUT2D eigenvalue weighted by Crippen LogP contribution is -2.52. The van der Waals surface area contributed by atoms with E-state index in [2.05, 4.69) is 39.5 Å². The Morgan fingerprint density at radius 3 is 2.68 bits per heavy atom. The first kappa shape index (κ1) is 23.1. The number of amides is 1. The molecule has 2 aliphatic heterocycles. The molecule has 2 aliphatic rings. The third kappa shape index (κ3) is 4.64. The summed E-state index contributed by atoms with van der Waals surface area (Å²) in [5.74, 6) is 0.949. The summed E-state index contributed by atoms with van der Waals surface area (Å²) in [5.41, 5.74) is 3.11. The van der Waals surface area contributed by atoms with Crippen LogP contribution in [0.3, 0.4) is 0 Å². The highest BCUT2D eigenvalue weighted by molar-refractivity contribution is 6.31. The predicted molar refractivity (Wildman–Crippen MR) is 134 cm³/mol. The molecule has 8 heteroatoms. The molecule has 5 rings (SSSR count). The van der Waals surface area contributed by atoms with Crippen LogP contribution < -0.4 is 4.90 Å². The molecule has 1 aromatic heterocycles. The van der Waals surface area contributed by atoms with Crippen LogP contribution in [-0.4, -0.2) is 64.5 Å². The molecule has 0 bridgehead atoms. The largest absolute Gasteiger partial charge is 0.368 e. The highest BCUT2D eigenvalue weighted by Gasteiger charge is 2.31. The average Bonchev–Trinajstić information content (AvgIpc) is 3.22. The fourth-order valence-corrected chi connectivity index (χ4v) is 5.50. The molecule has 34 heavy (non-hydrogen) atoms. The van der Waals surface area contributed by atoms with E-state index in [0.717, 1.165) is 69.1 Å². The Bertz CT molecular complexity index is 1170. The molecule has 180 valence electrons. The second kappa shape index (κ2) is 9.92. The van der Waals surface area contributed by atoms with Crippen molar-refractivity contribution >= 4 is 34.2 Å². The zero-order valence-corrected chi connectivity index (χ0v) is 20.3. The van der Waals surface area contributed by atoms with Crippen molar-refractivity contribution in [3.63, 3.8) is 0 Å². The summed E-state index contributed by atoms with van der Waals surface area (Å²) in [7, 11) is 0. The Morgan fingerprint density at radius 1 is 1.12 bits per heavy atom. The van der Waals surface area contributed by atoms with E-state index >= 15 is 0 Å². The van der Waals surface area contributed by atoms with Crippen LogP contribution in [0.2, 0.25) is 5.02 Å². The van der Waals surface area contributed by atoms with Gasteiger partial charge in [-0.3, -0.25) is 9.69 Å². The van der Waals surface area contributed by atoms with Crippen LogP contribution in [0.15, 0.2) is 42.5 Å². The van der Waals surface area contributed by atoms with E-state index in [-0.39, 0.29) is 16.8 Å². The van der Waals surface area contributed by atoms with Gasteiger partial charge in [0.15, 0.2) is 0 Å². The number of anilines is 1. The molecule has 1 atom stereocenters. The number of aryl methyl sites for hydroxylation is 1. The van der Waals surface area contributed by atoms with Gasteiger partial charge >= 0.3 is 0 Å². The number of benzene rings is 2. The van der Waals surface area contributed by atoms with Crippen molar-refractivity contribution in [2.75, 3.05) is 44.2 Å². The summed E-state index contributed by atoms with van der Waals surface area (Å²) in [4.78, 5) is 24.8. The molecule has 1 amide bonds. The van der Waals surface area contributed by atoms with Crippen molar-refractivity contribution in [3.05, 3.63) is 59.1 Å². The van der Waals surface area contributed by atoms with Crippen molar-refractivity contribution in [1.82, 2.24) is 19.4 Å². The second-order valence-electron chi connectivity index (χ2n) is 9.25. The third-order valence-corrected chi connectivity index (χ3v) is 7.42. The van der Waals surface area contributed by atoms with Gasteiger partial charge in [0.2, 0.25) is 5.91 Å². The number of nitrogens with zero attached hydrogens (tertiary/aromatic N) is 5. The van der Waals surface area contributed by atoms with E-state index in [1.54, 1.807) is 12.1 Å². The van der Waals surface area contributed by atoms with Gasteiger partial charge in [-0.2, -0.15) is 0 Å². The minimum absolute atomic E-state index is 0.0278. The minimum atomic E-state index is -0.407. The zero-order valence-electron chi connectivity index (χ0n) is 19.6. The summed E-state index contributed by atoms with van der Waals surface area (Å²) >= 11 is 5.95. The molecule has 0 N–H and O–H groups in total. The lowest BCUT2D eigenvalue weighted by atomic mass is 9.96. The van der Waals surface area contributed by atoms with Crippen molar-refractivity contribution in [2.24, 2.45) is 5.92 Å². The molecule has 0 spiro atoms. The van der Waals surface area contributed by atoms with E-state index in [9.17, 15) is 9.18 Å². The Hall–Kier alpha value is -2.64. The molecule has 3 heterocycles. The van der Waals surface area contributed by atoms with Crippen LogP contribution in [0.5, 0.6) is 0 Å². The number of carbonyl (C=O) groups is 1. The molecular formula is C26H31ClFN5O. The van der Waals surface area contributed by atoms with Crippen molar-refractivity contribution in [2.45, 2.75) is 32.9 Å². The molecule has 2 fully saturated rings. The summed E-state index contributed by atoms with van der Waals surface area (Å²) in [6.45, 7) is 8.39. The van der Waals surface area contributed by atoms with Crippen LogP contribution >= 0.6 is 11.6 Å². The van der Waals surface area contributed by atoms with Gasteiger partial charge < -0.3 is 14.4 Å². The maximum atomic E-state index is 13.5. The smallest absolute Gasteiger partial charge is 0.227 e. The number of para-hydroxylation sites is 2. The molecule has 0 radical (unpaired) electrons. The number of aromatic nitrogens is 2. The van der Waals surface area contributed by atoms with Crippen molar-refractivity contribution in [1.29, 1.82) is 0 Å². The Morgan fingerprint density at radius 2 is 1.91 bits per heavy atom. The quantitative estimate of drug-likeness (QED) is 0.539. The predicted octanol–water partition coefficient (Wildman–Crippen LogP) is 4.41. The lowest BCUT2D eigenvalue weighted by Gasteiger charge is -2.39. The van der Waals surface area contributed by atoms with Gasteiger partial charge in [-0.25, -0.2) is 9.37 Å². The zero-order chi connectivity index (χ0) is 23.7. The normalized spacial score (nSPS) is 19.7. The van der Waals surface area contributed by atoms with Crippen molar-refractivity contribution in [3.8, 4) is 0 Å². The molecule has 3 aromatic rings. The number of rotatable bonds is 5. The van der Waals surface area contributed by atoms with Crippen LogP contribution in [0.1, 0.15) is 25.6 Å². The Labute approximate surface area is 204 Å². The van der Waals surface area contributed by atoms with E-state index in [0.29, 0.717) is 13.1 Å². The first-order valence-electron chi connectivity index (χ1n) is 12.2. The second-order valence-corrected chi connectivity index (χ2v) is 9.65. The number of imidazole rings is 1. The van der Waals surface area contributed by atoms with Gasteiger partial charge in [-0.15, -0.1) is 0 Å². The van der Waals surface area contributed by atoms with E-state index < -0.39 is 5.82 Å². The summed E-state index contributed by atoms with van der Waals surface area (Å²) in [6, 6.07) is 13.1. The van der Waals surface area contributed by atoms with E-state index in [1.165, 1.54) is 11.6 Å². The van der Waals surface area contributed by atoms with Crippen molar-refractivity contribution < 1.29 is 9.18 Å². The summed E-state index contributed by atoms with van der Waals surface area (Å²) < 4.78 is 15.8. The Kier molecular flexibility index (Phi) is 6.75. The average molecular weight is 484 g/mol. The molecular weight excluding hydrogens is 453 g/mol. The van der Waals surface area contributed by atoms with Crippen LogP contribution in [0.4, 0.5) is 10.1 Å². The SMILES string of the molecule is CCn1c(CN2CCC[C@@H](C(=O)N3CCN(c4ccc(F)c(Cl)c4)CC3)C2)nc2ccccc21. The molecule has 6 nitrogen and oxygen atoms in total. The number of piperazine rings is 1. The molecule has 0 unspecified atom stereocenters. The maximum Gasteiger partial charge on any atom is 0.227 e. The molecule has 2 saturated heterocycles. The van der Waals surface area contributed by atoms with Gasteiger partial charge in [0.25, 0.3) is 0 Å². The Balaban J connectivity index is 1.20. The van der Waals surface area contributed by atoms with E-state index in [4.69, 9.17) is 16.6 Å². The first-order chi connectivity index (χ1) is 16.5. The maximum absolute atomic E-state index is 13.5. The van der Waals surface area contributed by atoms with Gasteiger partial charge in [0.1, 0.15) is 11.6 Å². The monoisotopic (exact) mass is 483 g/mol. The first-order valence-corrected chi connectivity index (χ1v) is 12.6. The van der Waals surface area contributed by atoms with Crippen LogP contribution in [0, 0.1) is 11.7 Å². The number of piperidine rings is 1. The van der Waals surface area contributed by atoms with Gasteiger partial charge in [0, 0.05) is 45.0 Å². The number of halogens is 2. The highest BCUT2D eigenvalue weighted by Crippen LogP contribution is 2.26. The number of likely N-dealkylation sites (tertiary alicyclic amines) is 1. The fraction of sp³-hybridized carbons (Fsp3) is 0.462. The topological polar surface area (TPSA) is 44.6 Å². The fourth-order valence-electron chi connectivity index (χ4n) is 5.32. The molecule has 2 aromatic carbocycles. The number of carbonyl (C=O) groups excluding carboxylic acids is 1. The molecule has 0 aliphatic carbocycles. The van der Waals surface area contributed by atoms with Gasteiger partial charge in [0.05, 0.1) is 28.5 Å². The lowest BCUT2D eigenvalue weighted by molar-refractivity contribution is -0.137. The summed E-state index contributed by atoms with van der Waals surface area (Å²) in [5, 5.41) is 0.134. The molecule has 0 saturated carbocycles.